The van der Waals surface area contributed by atoms with E-state index in [-0.39, 0.29) is 16.8 Å². The Kier molecular flexibility index (Phi) is 5.63. The minimum Gasteiger partial charge on any atom is -0.507 e. The number of aromatic hydroxyl groups is 1. The molecule has 0 aliphatic carbocycles. The fraction of sp³-hybridized carbons (Fsp3) is 0.0870. The molecule has 1 aromatic heterocycles. The maximum atomic E-state index is 12.3. The number of nitrogens with one attached hydrogen (secondary N) is 2. The van der Waals surface area contributed by atoms with Gasteiger partial charge in [0.1, 0.15) is 11.3 Å². The third-order valence-corrected chi connectivity index (χ3v) is 5.09. The minimum atomic E-state index is -0.363. The van der Waals surface area contributed by atoms with Crippen LogP contribution in [0.5, 0.6) is 5.75 Å². The highest BCUT2D eigenvalue weighted by molar-refractivity contribution is 7.80. The molecule has 0 bridgehead atoms. The third-order valence-electron chi connectivity index (χ3n) is 4.64. The number of carbonyl (C=O) groups is 1. The number of halogens is 1. The van der Waals surface area contributed by atoms with E-state index in [9.17, 15) is 9.90 Å². The Hall–Kier alpha value is -3.42. The second-order valence-corrected chi connectivity index (χ2v) is 7.94. The number of anilines is 1. The van der Waals surface area contributed by atoms with Gasteiger partial charge in [0.2, 0.25) is 5.89 Å². The summed E-state index contributed by atoms with van der Waals surface area (Å²) in [6.45, 7) is 3.94. The Morgan fingerprint density at radius 1 is 1.10 bits per heavy atom. The van der Waals surface area contributed by atoms with Gasteiger partial charge in [-0.2, -0.15) is 0 Å². The molecule has 3 N–H and O–H groups in total. The quantitative estimate of drug-likeness (QED) is 0.277. The zero-order valence-corrected chi connectivity index (χ0v) is 18.3. The number of carbonyl (C=O) groups excluding carboxylic acids is 1. The lowest BCUT2D eigenvalue weighted by Crippen LogP contribution is -2.34. The van der Waals surface area contributed by atoms with E-state index in [1.807, 2.05) is 26.0 Å². The van der Waals surface area contributed by atoms with Gasteiger partial charge in [0, 0.05) is 16.3 Å². The standard InChI is InChI=1S/C23H18ClN3O3S/c1-12-9-13(2)20-18(10-12)26-22(30-20)17-11-16(7-8-19(17)28)25-23(31)27-21(29)14-3-5-15(24)6-4-14/h3-11,28H,1-2H3,(H2,25,27,29,31). The normalized spacial score (nSPS) is 10.8. The van der Waals surface area contributed by atoms with Crippen molar-refractivity contribution in [3.63, 3.8) is 0 Å². The minimum absolute atomic E-state index is 0.0163. The lowest BCUT2D eigenvalue weighted by atomic mass is 10.1. The lowest BCUT2D eigenvalue weighted by Gasteiger charge is -2.11. The van der Waals surface area contributed by atoms with E-state index in [1.165, 1.54) is 6.07 Å². The van der Waals surface area contributed by atoms with Gasteiger partial charge in [-0.3, -0.25) is 10.1 Å². The summed E-state index contributed by atoms with van der Waals surface area (Å²) in [7, 11) is 0. The second kappa shape index (κ2) is 8.37. The highest BCUT2D eigenvalue weighted by atomic mass is 35.5. The number of amides is 1. The maximum Gasteiger partial charge on any atom is 0.257 e. The fourth-order valence-corrected chi connectivity index (χ4v) is 3.55. The topological polar surface area (TPSA) is 87.4 Å². The first kappa shape index (κ1) is 20.8. The Morgan fingerprint density at radius 2 is 1.84 bits per heavy atom. The number of thiocarbonyl (C=S) groups is 1. The monoisotopic (exact) mass is 451 g/mol. The molecule has 0 aliphatic heterocycles. The van der Waals surface area contributed by atoms with Crippen LogP contribution in [0.1, 0.15) is 21.5 Å². The number of phenolic OH excluding ortho intramolecular Hbond substituents is 1. The molecule has 0 radical (unpaired) electrons. The van der Waals surface area contributed by atoms with Crippen LogP contribution >= 0.6 is 23.8 Å². The van der Waals surface area contributed by atoms with Crippen LogP contribution in [0, 0.1) is 13.8 Å². The van der Waals surface area contributed by atoms with Gasteiger partial charge >= 0.3 is 0 Å². The Balaban J connectivity index is 1.55. The van der Waals surface area contributed by atoms with Crippen LogP contribution in [-0.4, -0.2) is 21.1 Å². The number of benzene rings is 3. The van der Waals surface area contributed by atoms with Crippen molar-refractivity contribution in [1.29, 1.82) is 0 Å². The van der Waals surface area contributed by atoms with Gasteiger partial charge in [-0.05, 0) is 85.7 Å². The molecule has 156 valence electrons. The first-order valence-corrected chi connectivity index (χ1v) is 10.2. The van der Waals surface area contributed by atoms with Crippen molar-refractivity contribution in [2.45, 2.75) is 13.8 Å². The van der Waals surface area contributed by atoms with Crippen LogP contribution in [0.3, 0.4) is 0 Å². The van der Waals surface area contributed by atoms with Crippen molar-refractivity contribution >= 4 is 51.6 Å². The summed E-state index contributed by atoms with van der Waals surface area (Å²) in [5, 5.41) is 16.5. The molecule has 1 amide bonds. The molecule has 8 heteroatoms. The number of phenols is 1. The van der Waals surface area contributed by atoms with Crippen molar-refractivity contribution in [1.82, 2.24) is 10.3 Å². The average Bonchev–Trinajstić information content (AvgIpc) is 3.14. The molecule has 0 saturated carbocycles. The predicted octanol–water partition coefficient (Wildman–Crippen LogP) is 5.60. The lowest BCUT2D eigenvalue weighted by molar-refractivity contribution is 0.0977. The number of hydrogen-bond acceptors (Lipinski definition) is 5. The van der Waals surface area contributed by atoms with Crippen LogP contribution in [0.2, 0.25) is 5.02 Å². The van der Waals surface area contributed by atoms with Gasteiger partial charge in [-0.25, -0.2) is 4.98 Å². The van der Waals surface area contributed by atoms with E-state index in [0.717, 1.165) is 16.6 Å². The van der Waals surface area contributed by atoms with Gasteiger partial charge in [-0.1, -0.05) is 17.7 Å². The number of aromatic nitrogens is 1. The van der Waals surface area contributed by atoms with Crippen molar-refractivity contribution < 1.29 is 14.3 Å². The first-order valence-electron chi connectivity index (χ1n) is 9.39. The van der Waals surface area contributed by atoms with E-state index in [2.05, 4.69) is 15.6 Å². The van der Waals surface area contributed by atoms with E-state index in [0.29, 0.717) is 33.3 Å². The zero-order valence-electron chi connectivity index (χ0n) is 16.7. The summed E-state index contributed by atoms with van der Waals surface area (Å²) < 4.78 is 5.90. The first-order chi connectivity index (χ1) is 14.8. The summed E-state index contributed by atoms with van der Waals surface area (Å²) in [5.41, 5.74) is 4.83. The molecule has 0 fully saturated rings. The van der Waals surface area contributed by atoms with Crippen LogP contribution in [-0.2, 0) is 0 Å². The smallest absolute Gasteiger partial charge is 0.257 e. The predicted molar refractivity (Wildman–Crippen MR) is 126 cm³/mol. The summed E-state index contributed by atoms with van der Waals surface area (Å²) >= 11 is 11.1. The zero-order chi connectivity index (χ0) is 22.1. The fourth-order valence-electron chi connectivity index (χ4n) is 3.22. The van der Waals surface area contributed by atoms with Gasteiger partial charge in [0.05, 0.1) is 5.56 Å². The number of aryl methyl sites for hydroxylation is 2. The molecular weight excluding hydrogens is 434 g/mol. The molecule has 31 heavy (non-hydrogen) atoms. The molecule has 3 aromatic carbocycles. The van der Waals surface area contributed by atoms with E-state index in [1.54, 1.807) is 36.4 Å². The number of hydrogen-bond donors (Lipinski definition) is 3. The number of nitrogens with zero attached hydrogens (tertiary/aromatic N) is 1. The third kappa shape index (κ3) is 4.52. The van der Waals surface area contributed by atoms with Crippen LogP contribution in [0.15, 0.2) is 59.0 Å². The molecule has 0 unspecified atom stereocenters. The Labute approximate surface area is 188 Å². The molecule has 0 spiro atoms. The van der Waals surface area contributed by atoms with Crippen molar-refractivity contribution in [3.05, 3.63) is 76.3 Å². The Bertz CT molecular complexity index is 1320. The molecule has 1 heterocycles. The summed E-state index contributed by atoms with van der Waals surface area (Å²) in [6.07, 6.45) is 0. The van der Waals surface area contributed by atoms with E-state index < -0.39 is 0 Å². The van der Waals surface area contributed by atoms with Crippen molar-refractivity contribution in [2.24, 2.45) is 0 Å². The molecule has 0 atom stereocenters. The molecule has 0 saturated heterocycles. The average molecular weight is 452 g/mol. The molecule has 6 nitrogen and oxygen atoms in total. The number of rotatable bonds is 3. The molecule has 4 rings (SSSR count). The number of fused-ring (bicyclic) bond motifs is 1. The summed E-state index contributed by atoms with van der Waals surface area (Å²) in [4.78, 5) is 16.8. The van der Waals surface area contributed by atoms with Gasteiger partial charge in [0.15, 0.2) is 10.7 Å². The highest BCUT2D eigenvalue weighted by Crippen LogP contribution is 2.34. The number of oxazole rings is 1. The van der Waals surface area contributed by atoms with Crippen molar-refractivity contribution in [3.8, 4) is 17.2 Å². The second-order valence-electron chi connectivity index (χ2n) is 7.10. The summed E-state index contributed by atoms with van der Waals surface area (Å²) in [6, 6.07) is 15.2. The molecule has 0 aliphatic rings. The SMILES string of the molecule is Cc1cc(C)c2oc(-c3cc(NC(=S)NC(=O)c4ccc(Cl)cc4)ccc3O)nc2c1. The van der Waals surface area contributed by atoms with Crippen LogP contribution in [0.25, 0.3) is 22.6 Å². The van der Waals surface area contributed by atoms with Gasteiger partial charge < -0.3 is 14.8 Å². The van der Waals surface area contributed by atoms with Gasteiger partial charge in [-0.15, -0.1) is 0 Å². The maximum absolute atomic E-state index is 12.3. The Morgan fingerprint density at radius 3 is 2.58 bits per heavy atom. The molecular formula is C23H18ClN3O3S. The van der Waals surface area contributed by atoms with Crippen molar-refractivity contribution in [2.75, 3.05) is 5.32 Å². The highest BCUT2D eigenvalue weighted by Gasteiger charge is 2.15. The van der Waals surface area contributed by atoms with E-state index >= 15 is 0 Å². The van der Waals surface area contributed by atoms with Gasteiger partial charge in [0.25, 0.3) is 5.91 Å². The summed E-state index contributed by atoms with van der Waals surface area (Å²) in [5.74, 6) is -0.0541. The molecule has 4 aromatic rings. The van der Waals surface area contributed by atoms with Crippen LogP contribution in [0.4, 0.5) is 5.69 Å². The van der Waals surface area contributed by atoms with E-state index in [4.69, 9.17) is 28.2 Å². The van der Waals surface area contributed by atoms with Crippen LogP contribution < -0.4 is 10.6 Å². The largest absolute Gasteiger partial charge is 0.507 e.